The summed E-state index contributed by atoms with van der Waals surface area (Å²) in [6, 6.07) is 13.4. The van der Waals surface area contributed by atoms with Crippen molar-refractivity contribution in [2.24, 2.45) is 0 Å². The Hall–Kier alpha value is -4.25. The predicted octanol–water partition coefficient (Wildman–Crippen LogP) is 6.10. The zero-order valence-electron chi connectivity index (χ0n) is 21.4. The van der Waals surface area contributed by atoms with Crippen LogP contribution in [0.3, 0.4) is 0 Å². The van der Waals surface area contributed by atoms with E-state index in [9.17, 15) is 8.78 Å². The quantitative estimate of drug-likeness (QED) is 0.198. The number of para-hydroxylation sites is 1. The number of nitrogens with zero attached hydrogens (tertiary/aromatic N) is 5. The lowest BCUT2D eigenvalue weighted by atomic mass is 10.1. The van der Waals surface area contributed by atoms with Gasteiger partial charge in [0.05, 0.1) is 31.5 Å². The first kappa shape index (κ1) is 26.4. The smallest absolute Gasteiger partial charge is 0.183 e. The molecule has 0 saturated carbocycles. The summed E-state index contributed by atoms with van der Waals surface area (Å²) in [5, 5.41) is 8.71. The van der Waals surface area contributed by atoms with Crippen molar-refractivity contribution in [3.8, 4) is 23.0 Å². The highest BCUT2D eigenvalue weighted by Crippen LogP contribution is 2.32. The summed E-state index contributed by atoms with van der Waals surface area (Å²) in [5.74, 6) is 0.847. The Morgan fingerprint density at radius 3 is 2.54 bits per heavy atom. The Bertz CT molecular complexity index is 1560. The fraction of sp³-hybridized carbons (Fsp3) is 0.214. The molecule has 200 valence electrons. The van der Waals surface area contributed by atoms with Gasteiger partial charge in [0.25, 0.3) is 0 Å². The Labute approximate surface area is 228 Å². The molecule has 3 aromatic heterocycles. The summed E-state index contributed by atoms with van der Waals surface area (Å²) in [5.41, 5.74) is 1.83. The first-order chi connectivity index (χ1) is 19.1. The molecular weight excluding hydrogens is 522 g/mol. The van der Waals surface area contributed by atoms with Crippen LogP contribution in [0.5, 0.6) is 11.5 Å². The maximum absolute atomic E-state index is 14.9. The summed E-state index contributed by atoms with van der Waals surface area (Å²) in [6.45, 7) is 2.43. The van der Waals surface area contributed by atoms with Gasteiger partial charge in [0.1, 0.15) is 23.1 Å². The Morgan fingerprint density at radius 1 is 1.03 bits per heavy atom. The number of nitrogens with one attached hydrogen (secondary N) is 1. The van der Waals surface area contributed by atoms with Gasteiger partial charge in [0.15, 0.2) is 17.4 Å². The van der Waals surface area contributed by atoms with Crippen LogP contribution >= 0.6 is 11.8 Å². The van der Waals surface area contributed by atoms with Crippen LogP contribution in [0.25, 0.3) is 22.4 Å². The number of fused-ring (bicyclic) bond motifs is 1. The molecule has 0 aliphatic rings. The van der Waals surface area contributed by atoms with Crippen LogP contribution in [0.4, 0.5) is 20.3 Å². The third-order valence-corrected chi connectivity index (χ3v) is 6.42. The topological polar surface area (TPSA) is 87.0 Å². The van der Waals surface area contributed by atoms with Gasteiger partial charge in [-0.3, -0.25) is 9.67 Å². The first-order valence-electron chi connectivity index (χ1n) is 12.3. The van der Waals surface area contributed by atoms with Gasteiger partial charge in [-0.05, 0) is 31.4 Å². The van der Waals surface area contributed by atoms with Crippen molar-refractivity contribution in [2.75, 3.05) is 30.5 Å². The highest BCUT2D eigenvalue weighted by atomic mass is 32.2. The second kappa shape index (κ2) is 12.1. The molecule has 0 aliphatic heterocycles. The molecule has 3 heterocycles. The molecule has 0 radical (unpaired) electrons. The lowest BCUT2D eigenvalue weighted by molar-refractivity contribution is 0.335. The van der Waals surface area contributed by atoms with E-state index in [1.54, 1.807) is 42.0 Å². The van der Waals surface area contributed by atoms with E-state index in [2.05, 4.69) is 15.3 Å². The number of hydrogen-bond donors (Lipinski definition) is 1. The van der Waals surface area contributed by atoms with Gasteiger partial charge >= 0.3 is 0 Å². The molecule has 39 heavy (non-hydrogen) atoms. The summed E-state index contributed by atoms with van der Waals surface area (Å²) in [6.07, 6.45) is 6.96. The molecule has 0 fully saturated rings. The molecule has 0 amide bonds. The molecule has 0 bridgehead atoms. The van der Waals surface area contributed by atoms with E-state index in [1.165, 1.54) is 12.1 Å². The Balaban J connectivity index is 1.54. The molecule has 5 aromatic rings. The standard InChI is InChI=1S/C28H26F2N6O2S/c1-3-37-19-14-22(29)21(23(30)15-19)17-36-24-7-5-4-6-20(24)26(35-36)28-32-16-25(38-12-13-39-2)27(34-28)33-18-8-10-31-11-9-18/h4-11,14-16H,3,12-13,17H2,1-2H3,(H,31,32,33,34). The van der Waals surface area contributed by atoms with Gasteiger partial charge in [-0.2, -0.15) is 16.9 Å². The van der Waals surface area contributed by atoms with Gasteiger partial charge in [-0.25, -0.2) is 18.7 Å². The van der Waals surface area contributed by atoms with Crippen LogP contribution in [0.2, 0.25) is 0 Å². The maximum Gasteiger partial charge on any atom is 0.183 e. The van der Waals surface area contributed by atoms with Gasteiger partial charge in [-0.1, -0.05) is 18.2 Å². The van der Waals surface area contributed by atoms with Crippen LogP contribution in [0, 0.1) is 11.6 Å². The first-order valence-corrected chi connectivity index (χ1v) is 13.7. The molecule has 8 nitrogen and oxygen atoms in total. The van der Waals surface area contributed by atoms with Crippen LogP contribution in [-0.4, -0.2) is 50.0 Å². The van der Waals surface area contributed by atoms with E-state index in [0.717, 1.165) is 16.8 Å². The van der Waals surface area contributed by atoms with E-state index in [1.807, 2.05) is 42.7 Å². The molecule has 11 heteroatoms. The van der Waals surface area contributed by atoms with Crippen molar-refractivity contribution in [2.45, 2.75) is 13.5 Å². The monoisotopic (exact) mass is 548 g/mol. The van der Waals surface area contributed by atoms with E-state index < -0.39 is 11.6 Å². The van der Waals surface area contributed by atoms with Crippen LogP contribution in [0.1, 0.15) is 12.5 Å². The molecule has 1 N–H and O–H groups in total. The number of thioether (sulfide) groups is 1. The minimum absolute atomic E-state index is 0.114. The second-order valence-corrected chi connectivity index (χ2v) is 9.42. The molecule has 2 aromatic carbocycles. The molecule has 0 aliphatic carbocycles. The average Bonchev–Trinajstić information content (AvgIpc) is 3.31. The number of rotatable bonds is 11. The van der Waals surface area contributed by atoms with E-state index in [-0.39, 0.29) is 17.9 Å². The number of hydrogen-bond acceptors (Lipinski definition) is 8. The molecular formula is C28H26F2N6O2S. The van der Waals surface area contributed by atoms with Crippen LogP contribution in [0.15, 0.2) is 67.1 Å². The number of ether oxygens (including phenoxy) is 2. The summed E-state index contributed by atoms with van der Waals surface area (Å²) in [7, 11) is 0. The van der Waals surface area contributed by atoms with Crippen molar-refractivity contribution in [1.82, 2.24) is 24.7 Å². The van der Waals surface area contributed by atoms with Crippen molar-refractivity contribution in [1.29, 1.82) is 0 Å². The predicted molar refractivity (Wildman–Crippen MR) is 149 cm³/mol. The van der Waals surface area contributed by atoms with Crippen molar-refractivity contribution in [3.63, 3.8) is 0 Å². The highest BCUT2D eigenvalue weighted by molar-refractivity contribution is 7.98. The highest BCUT2D eigenvalue weighted by Gasteiger charge is 2.20. The summed E-state index contributed by atoms with van der Waals surface area (Å²) in [4.78, 5) is 13.3. The lowest BCUT2D eigenvalue weighted by Gasteiger charge is -2.12. The largest absolute Gasteiger partial charge is 0.494 e. The number of benzene rings is 2. The third-order valence-electron chi connectivity index (χ3n) is 5.85. The molecule has 0 saturated heterocycles. The number of pyridine rings is 1. The molecule has 0 atom stereocenters. The number of halogens is 2. The van der Waals surface area contributed by atoms with Gasteiger partial charge in [0.2, 0.25) is 0 Å². The SMILES string of the molecule is CCOc1cc(F)c(Cn2nc(-c3ncc(OCCSC)c(Nc4ccncc4)n3)c3ccccc32)c(F)c1. The second-order valence-electron chi connectivity index (χ2n) is 8.43. The fourth-order valence-corrected chi connectivity index (χ4v) is 4.28. The van der Waals surface area contributed by atoms with Crippen LogP contribution in [-0.2, 0) is 6.54 Å². The fourth-order valence-electron chi connectivity index (χ4n) is 4.03. The van der Waals surface area contributed by atoms with E-state index >= 15 is 0 Å². The van der Waals surface area contributed by atoms with Crippen molar-refractivity contribution >= 4 is 34.2 Å². The Morgan fingerprint density at radius 2 is 1.79 bits per heavy atom. The summed E-state index contributed by atoms with van der Waals surface area (Å²) < 4.78 is 42.5. The zero-order chi connectivity index (χ0) is 27.2. The maximum atomic E-state index is 14.9. The van der Waals surface area contributed by atoms with Crippen molar-refractivity contribution < 1.29 is 18.3 Å². The van der Waals surface area contributed by atoms with Gasteiger partial charge in [0, 0.05) is 46.9 Å². The molecule has 0 unspecified atom stereocenters. The number of anilines is 2. The Kier molecular flexibility index (Phi) is 8.16. The molecule has 5 rings (SSSR count). The minimum atomic E-state index is -0.702. The minimum Gasteiger partial charge on any atom is -0.494 e. The third kappa shape index (κ3) is 5.93. The van der Waals surface area contributed by atoms with E-state index in [0.29, 0.717) is 41.8 Å². The van der Waals surface area contributed by atoms with Crippen LogP contribution < -0.4 is 14.8 Å². The average molecular weight is 549 g/mol. The normalized spacial score (nSPS) is 11.1. The molecule has 0 spiro atoms. The summed E-state index contributed by atoms with van der Waals surface area (Å²) >= 11 is 1.67. The lowest BCUT2D eigenvalue weighted by Crippen LogP contribution is -2.08. The van der Waals surface area contributed by atoms with E-state index in [4.69, 9.17) is 19.6 Å². The van der Waals surface area contributed by atoms with Gasteiger partial charge < -0.3 is 14.8 Å². The zero-order valence-corrected chi connectivity index (χ0v) is 22.2. The number of aromatic nitrogens is 5. The van der Waals surface area contributed by atoms with Gasteiger partial charge in [-0.15, -0.1) is 0 Å². The van der Waals surface area contributed by atoms with Crippen molar-refractivity contribution in [3.05, 3.63) is 84.3 Å².